The number of hydrogen-bond acceptors (Lipinski definition) is 6. The lowest BCUT2D eigenvalue weighted by Crippen LogP contribution is -2.36. The van der Waals surface area contributed by atoms with Crippen molar-refractivity contribution < 1.29 is 9.59 Å². The molecular weight excluding hydrogens is 372 g/mol. The number of H-pyrrole nitrogens is 1. The maximum Gasteiger partial charge on any atom is 0.271 e. The van der Waals surface area contributed by atoms with E-state index in [0.29, 0.717) is 31.1 Å². The number of carbonyl (C=O) groups is 2. The molecule has 29 heavy (non-hydrogen) atoms. The van der Waals surface area contributed by atoms with Gasteiger partial charge in [-0.2, -0.15) is 9.78 Å². The van der Waals surface area contributed by atoms with Crippen molar-refractivity contribution >= 4 is 11.8 Å². The fourth-order valence-electron chi connectivity index (χ4n) is 4.59. The molecule has 0 saturated carbocycles. The van der Waals surface area contributed by atoms with Gasteiger partial charge in [0.1, 0.15) is 12.0 Å². The van der Waals surface area contributed by atoms with Crippen molar-refractivity contribution in [2.75, 3.05) is 19.6 Å². The molecule has 10 nitrogen and oxygen atoms in total. The summed E-state index contributed by atoms with van der Waals surface area (Å²) in [5.74, 6) is 0.906. The molecule has 4 heterocycles. The predicted octanol–water partition coefficient (Wildman–Crippen LogP) is 0.677. The average molecular weight is 392 g/mol. The van der Waals surface area contributed by atoms with Gasteiger partial charge >= 0.3 is 0 Å². The number of hydrogen-bond donors (Lipinski definition) is 1. The maximum absolute atomic E-state index is 13.0. The number of carbonyl (C=O) groups excluding carboxylic acids is 2. The monoisotopic (exact) mass is 392 g/mol. The summed E-state index contributed by atoms with van der Waals surface area (Å²) in [5.41, 5.74) is 1.52. The Morgan fingerprint density at radius 1 is 1.14 bits per heavy atom. The van der Waals surface area contributed by atoms with E-state index >= 15 is 0 Å². The molecule has 3 aromatic rings. The summed E-state index contributed by atoms with van der Waals surface area (Å²) in [6, 6.07) is 11.7. The van der Waals surface area contributed by atoms with Crippen LogP contribution in [0.4, 0.5) is 0 Å². The summed E-state index contributed by atoms with van der Waals surface area (Å²) < 4.78 is 1.39. The van der Waals surface area contributed by atoms with Gasteiger partial charge in [0.2, 0.25) is 5.91 Å². The number of amides is 2. The molecule has 0 spiro atoms. The molecule has 1 N–H and O–H groups in total. The van der Waals surface area contributed by atoms with Crippen LogP contribution in [0.2, 0.25) is 0 Å². The van der Waals surface area contributed by atoms with E-state index < -0.39 is 0 Å². The van der Waals surface area contributed by atoms with E-state index in [-0.39, 0.29) is 29.7 Å². The summed E-state index contributed by atoms with van der Waals surface area (Å²) in [7, 11) is 0. The number of rotatable bonds is 3. The van der Waals surface area contributed by atoms with Crippen LogP contribution in [0.1, 0.15) is 29.0 Å². The van der Waals surface area contributed by atoms with Gasteiger partial charge in [0.15, 0.2) is 5.82 Å². The highest BCUT2D eigenvalue weighted by Crippen LogP contribution is 2.45. The van der Waals surface area contributed by atoms with Crippen LogP contribution in [0.15, 0.2) is 42.7 Å². The van der Waals surface area contributed by atoms with E-state index in [2.05, 4.69) is 37.9 Å². The predicted molar refractivity (Wildman–Crippen MR) is 101 cm³/mol. The highest BCUT2D eigenvalue weighted by Gasteiger charge is 2.49. The van der Waals surface area contributed by atoms with Crippen molar-refractivity contribution in [3.63, 3.8) is 0 Å². The minimum absolute atomic E-state index is 0.00458. The molecule has 2 saturated heterocycles. The number of nitrogens with zero attached hydrogens (tertiary/aromatic N) is 7. The number of likely N-dealkylation sites (tertiary alicyclic amines) is 2. The molecule has 2 amide bonds. The van der Waals surface area contributed by atoms with Crippen LogP contribution in [0.3, 0.4) is 0 Å². The Kier molecular flexibility index (Phi) is 4.11. The third kappa shape index (κ3) is 2.96. The molecule has 0 aliphatic carbocycles. The van der Waals surface area contributed by atoms with Crippen LogP contribution in [-0.4, -0.2) is 71.7 Å². The van der Waals surface area contributed by atoms with Gasteiger partial charge in [0.25, 0.3) is 5.91 Å². The Morgan fingerprint density at radius 3 is 2.69 bits per heavy atom. The topological polar surface area (TPSA) is 113 Å². The summed E-state index contributed by atoms with van der Waals surface area (Å²) in [6.07, 6.45) is 1.42. The van der Waals surface area contributed by atoms with Crippen molar-refractivity contribution in [3.8, 4) is 5.82 Å². The quantitative estimate of drug-likeness (QED) is 0.701. The van der Waals surface area contributed by atoms with Gasteiger partial charge in [0.05, 0.1) is 6.04 Å². The Balaban J connectivity index is 1.37. The van der Waals surface area contributed by atoms with Crippen molar-refractivity contribution in [3.05, 3.63) is 54.0 Å². The largest absolute Gasteiger partial charge is 0.337 e. The van der Waals surface area contributed by atoms with Crippen LogP contribution >= 0.6 is 0 Å². The maximum atomic E-state index is 13.0. The van der Waals surface area contributed by atoms with E-state index in [0.717, 1.165) is 5.56 Å². The lowest BCUT2D eigenvalue weighted by Gasteiger charge is -2.29. The Labute approximate surface area is 166 Å². The van der Waals surface area contributed by atoms with Crippen molar-refractivity contribution in [1.82, 2.24) is 40.2 Å². The fourth-order valence-corrected chi connectivity index (χ4v) is 4.59. The van der Waals surface area contributed by atoms with E-state index in [1.54, 1.807) is 13.0 Å². The van der Waals surface area contributed by atoms with Crippen LogP contribution in [0, 0.1) is 11.8 Å². The van der Waals surface area contributed by atoms with Crippen molar-refractivity contribution in [1.29, 1.82) is 0 Å². The standard InChI is InChI=1S/C19H20N8O2/c1-12(28)26-9-14-8-25(10-15(14)18(26)13-5-3-2-4-6-13)19(29)16-7-17(22-21-16)27-11-20-23-24-27/h2-7,11,14-15,18H,8-10H2,1H3,(H,21,22)/t14-,15-,18-/m1/s1. The molecule has 10 heteroatoms. The van der Waals surface area contributed by atoms with Gasteiger partial charge in [-0.05, 0) is 16.0 Å². The summed E-state index contributed by atoms with van der Waals surface area (Å²) in [4.78, 5) is 29.0. The molecule has 2 fully saturated rings. The summed E-state index contributed by atoms with van der Waals surface area (Å²) >= 11 is 0. The first-order chi connectivity index (χ1) is 14.1. The second kappa shape index (κ2) is 6.80. The SMILES string of the molecule is CC(=O)N1C[C@H]2CN(C(=O)c3cc(-n4cnnn4)n[nH]3)C[C@H]2[C@H]1c1ccccc1. The van der Waals surface area contributed by atoms with Crippen LogP contribution < -0.4 is 0 Å². The number of fused-ring (bicyclic) bond motifs is 1. The van der Waals surface area contributed by atoms with Crippen LogP contribution in [0.5, 0.6) is 0 Å². The first-order valence-electron chi connectivity index (χ1n) is 9.52. The molecule has 0 unspecified atom stereocenters. The summed E-state index contributed by atoms with van der Waals surface area (Å²) in [5, 5.41) is 17.8. The molecule has 2 aliphatic heterocycles. The molecule has 148 valence electrons. The van der Waals surface area contributed by atoms with Gasteiger partial charge in [0, 0.05) is 44.5 Å². The summed E-state index contributed by atoms with van der Waals surface area (Å²) in [6.45, 7) is 3.51. The molecular formula is C19H20N8O2. The van der Waals surface area contributed by atoms with Crippen LogP contribution in [0.25, 0.3) is 5.82 Å². The third-order valence-corrected chi connectivity index (χ3v) is 5.88. The minimum atomic E-state index is -0.104. The van der Waals surface area contributed by atoms with E-state index in [1.807, 2.05) is 28.0 Å². The first-order valence-corrected chi connectivity index (χ1v) is 9.52. The van der Waals surface area contributed by atoms with Crippen molar-refractivity contribution in [2.45, 2.75) is 13.0 Å². The molecule has 0 bridgehead atoms. The minimum Gasteiger partial charge on any atom is -0.337 e. The number of nitrogens with one attached hydrogen (secondary N) is 1. The molecule has 2 aromatic heterocycles. The van der Waals surface area contributed by atoms with Gasteiger partial charge < -0.3 is 9.80 Å². The highest BCUT2D eigenvalue weighted by molar-refractivity contribution is 5.93. The zero-order chi connectivity index (χ0) is 20.0. The first kappa shape index (κ1) is 17.5. The highest BCUT2D eigenvalue weighted by atomic mass is 16.2. The van der Waals surface area contributed by atoms with Crippen LogP contribution in [-0.2, 0) is 4.79 Å². The number of aromatic amines is 1. The molecule has 0 radical (unpaired) electrons. The second-order valence-corrected chi connectivity index (χ2v) is 7.56. The number of benzene rings is 1. The lowest BCUT2D eigenvalue weighted by molar-refractivity contribution is -0.130. The molecule has 5 rings (SSSR count). The van der Waals surface area contributed by atoms with Gasteiger partial charge in [-0.25, -0.2) is 0 Å². The third-order valence-electron chi connectivity index (χ3n) is 5.88. The Bertz CT molecular complexity index is 1030. The normalized spacial score (nSPS) is 23.4. The zero-order valence-electron chi connectivity index (χ0n) is 15.8. The van der Waals surface area contributed by atoms with Gasteiger partial charge in [-0.15, -0.1) is 5.10 Å². The molecule has 1 aromatic carbocycles. The smallest absolute Gasteiger partial charge is 0.271 e. The average Bonchev–Trinajstić information content (AvgIpc) is 3.51. The fraction of sp³-hybridized carbons (Fsp3) is 0.368. The van der Waals surface area contributed by atoms with Crippen molar-refractivity contribution in [2.24, 2.45) is 11.8 Å². The van der Waals surface area contributed by atoms with E-state index in [1.165, 1.54) is 11.0 Å². The van der Waals surface area contributed by atoms with Gasteiger partial charge in [-0.1, -0.05) is 30.3 Å². The molecule has 3 atom stereocenters. The van der Waals surface area contributed by atoms with Gasteiger partial charge in [-0.3, -0.25) is 14.7 Å². The number of tetrazole rings is 1. The lowest BCUT2D eigenvalue weighted by atomic mass is 9.89. The second-order valence-electron chi connectivity index (χ2n) is 7.56. The number of aromatic nitrogens is 6. The Morgan fingerprint density at radius 2 is 1.97 bits per heavy atom. The van der Waals surface area contributed by atoms with E-state index in [9.17, 15) is 9.59 Å². The zero-order valence-corrected chi connectivity index (χ0v) is 15.8. The molecule has 2 aliphatic rings. The Hall–Kier alpha value is -3.56. The van der Waals surface area contributed by atoms with E-state index in [4.69, 9.17) is 0 Å².